The lowest BCUT2D eigenvalue weighted by atomic mass is 10.1. The van der Waals surface area contributed by atoms with Crippen molar-refractivity contribution in [3.63, 3.8) is 0 Å². The van der Waals surface area contributed by atoms with E-state index in [-0.39, 0.29) is 24.2 Å². The Kier molecular flexibility index (Phi) is 5.63. The molecule has 0 radical (unpaired) electrons. The van der Waals surface area contributed by atoms with Gasteiger partial charge in [0.2, 0.25) is 17.6 Å². The average molecular weight is 374 g/mol. The van der Waals surface area contributed by atoms with Gasteiger partial charge in [-0.3, -0.25) is 4.79 Å². The number of rotatable bonds is 6. The predicted molar refractivity (Wildman–Crippen MR) is 96.0 cm³/mol. The summed E-state index contributed by atoms with van der Waals surface area (Å²) >= 11 is 5.95. The standard InChI is InChI=1S/C19H17ClFN3O2/c1-12(13-5-7-16(21)8-6-13)22-17(25)9-10-18-23-19(24-26-18)14-3-2-4-15(20)11-14/h2-8,11-12H,9-10H2,1H3,(H,22,25)/t12-/m0/s1. The number of aryl methyl sites for hydroxylation is 1. The summed E-state index contributed by atoms with van der Waals surface area (Å²) in [5, 5.41) is 7.36. The first kappa shape index (κ1) is 18.1. The molecule has 0 aliphatic rings. The lowest BCUT2D eigenvalue weighted by molar-refractivity contribution is -0.121. The van der Waals surface area contributed by atoms with E-state index in [0.29, 0.717) is 23.2 Å². The van der Waals surface area contributed by atoms with Crippen LogP contribution in [0, 0.1) is 5.82 Å². The van der Waals surface area contributed by atoms with Gasteiger partial charge in [-0.05, 0) is 36.8 Å². The summed E-state index contributed by atoms with van der Waals surface area (Å²) in [6.07, 6.45) is 0.540. The van der Waals surface area contributed by atoms with E-state index in [1.165, 1.54) is 12.1 Å². The Hall–Kier alpha value is -2.73. The van der Waals surface area contributed by atoms with E-state index in [4.69, 9.17) is 16.1 Å². The summed E-state index contributed by atoms with van der Waals surface area (Å²) < 4.78 is 18.1. The van der Waals surface area contributed by atoms with Gasteiger partial charge in [0.05, 0.1) is 6.04 Å². The highest BCUT2D eigenvalue weighted by atomic mass is 35.5. The van der Waals surface area contributed by atoms with Crippen molar-refractivity contribution in [3.05, 3.63) is 70.8 Å². The summed E-state index contributed by atoms with van der Waals surface area (Å²) in [5.41, 5.74) is 1.59. The first-order valence-electron chi connectivity index (χ1n) is 8.14. The molecule has 1 N–H and O–H groups in total. The van der Waals surface area contributed by atoms with Gasteiger partial charge >= 0.3 is 0 Å². The number of nitrogens with one attached hydrogen (secondary N) is 1. The van der Waals surface area contributed by atoms with Crippen LogP contribution in [0.25, 0.3) is 11.4 Å². The van der Waals surface area contributed by atoms with Gasteiger partial charge in [0, 0.05) is 23.4 Å². The quantitative estimate of drug-likeness (QED) is 0.698. The van der Waals surface area contributed by atoms with Crippen molar-refractivity contribution in [2.45, 2.75) is 25.8 Å². The molecule has 0 aliphatic heterocycles. The molecule has 7 heteroatoms. The molecule has 1 amide bonds. The van der Waals surface area contributed by atoms with Gasteiger partial charge in [0.25, 0.3) is 0 Å². The third-order valence-corrected chi connectivity index (χ3v) is 4.10. The maximum absolute atomic E-state index is 12.9. The maximum atomic E-state index is 12.9. The van der Waals surface area contributed by atoms with Crippen LogP contribution in [0.15, 0.2) is 53.1 Å². The second kappa shape index (κ2) is 8.10. The van der Waals surface area contributed by atoms with Crippen molar-refractivity contribution in [1.82, 2.24) is 15.5 Å². The minimum absolute atomic E-state index is 0.149. The number of benzene rings is 2. The fraction of sp³-hybridized carbons (Fsp3) is 0.211. The molecule has 3 aromatic rings. The Morgan fingerprint density at radius 1 is 1.27 bits per heavy atom. The number of halogens is 2. The molecule has 2 aromatic carbocycles. The van der Waals surface area contributed by atoms with Crippen molar-refractivity contribution in [2.75, 3.05) is 0 Å². The van der Waals surface area contributed by atoms with Gasteiger partial charge in [-0.1, -0.05) is 41.0 Å². The molecular weight excluding hydrogens is 357 g/mol. The molecule has 1 heterocycles. The van der Waals surface area contributed by atoms with Crippen molar-refractivity contribution in [2.24, 2.45) is 0 Å². The van der Waals surface area contributed by atoms with E-state index < -0.39 is 0 Å². The van der Waals surface area contributed by atoms with Gasteiger partial charge < -0.3 is 9.84 Å². The van der Waals surface area contributed by atoms with Crippen LogP contribution in [0.4, 0.5) is 4.39 Å². The van der Waals surface area contributed by atoms with Crippen molar-refractivity contribution in [1.29, 1.82) is 0 Å². The number of hydrogen-bond acceptors (Lipinski definition) is 4. The third-order valence-electron chi connectivity index (χ3n) is 3.86. The number of amides is 1. The minimum atomic E-state index is -0.306. The fourth-order valence-corrected chi connectivity index (χ4v) is 2.66. The lowest BCUT2D eigenvalue weighted by Crippen LogP contribution is -2.26. The summed E-state index contributed by atoms with van der Waals surface area (Å²) in [6, 6.07) is 13.0. The average Bonchev–Trinajstić information content (AvgIpc) is 3.09. The molecule has 0 bridgehead atoms. The Bertz CT molecular complexity index is 896. The molecule has 1 aromatic heterocycles. The molecule has 0 saturated heterocycles. The van der Waals surface area contributed by atoms with Gasteiger partial charge in [0.1, 0.15) is 5.82 Å². The normalized spacial score (nSPS) is 12.0. The Balaban J connectivity index is 1.54. The van der Waals surface area contributed by atoms with Gasteiger partial charge in [0.15, 0.2) is 0 Å². The molecule has 134 valence electrons. The smallest absolute Gasteiger partial charge is 0.227 e. The largest absolute Gasteiger partial charge is 0.350 e. The summed E-state index contributed by atoms with van der Waals surface area (Å²) in [5.74, 6) is 0.357. The molecule has 0 aliphatic carbocycles. The Morgan fingerprint density at radius 3 is 2.77 bits per heavy atom. The maximum Gasteiger partial charge on any atom is 0.227 e. The topological polar surface area (TPSA) is 68.0 Å². The first-order chi connectivity index (χ1) is 12.5. The molecule has 0 fully saturated rings. The van der Waals surface area contributed by atoms with E-state index >= 15 is 0 Å². The second-order valence-corrected chi connectivity index (χ2v) is 6.30. The van der Waals surface area contributed by atoms with Gasteiger partial charge in [-0.2, -0.15) is 4.98 Å². The van der Waals surface area contributed by atoms with Crippen LogP contribution in [-0.2, 0) is 11.2 Å². The Morgan fingerprint density at radius 2 is 2.04 bits per heavy atom. The summed E-state index contributed by atoms with van der Waals surface area (Å²) in [6.45, 7) is 1.84. The van der Waals surface area contributed by atoms with E-state index in [2.05, 4.69) is 15.5 Å². The minimum Gasteiger partial charge on any atom is -0.350 e. The zero-order chi connectivity index (χ0) is 18.5. The van der Waals surface area contributed by atoms with Gasteiger partial charge in [-0.15, -0.1) is 0 Å². The van der Waals surface area contributed by atoms with E-state index in [1.807, 2.05) is 13.0 Å². The number of hydrogen-bond donors (Lipinski definition) is 1. The highest BCUT2D eigenvalue weighted by Gasteiger charge is 2.13. The van der Waals surface area contributed by atoms with Gasteiger partial charge in [-0.25, -0.2) is 4.39 Å². The molecule has 5 nitrogen and oxygen atoms in total. The Labute approximate surface area is 155 Å². The highest BCUT2D eigenvalue weighted by molar-refractivity contribution is 6.30. The van der Waals surface area contributed by atoms with Crippen LogP contribution >= 0.6 is 11.6 Å². The molecular formula is C19H17ClFN3O2. The number of aromatic nitrogens is 2. The zero-order valence-corrected chi connectivity index (χ0v) is 14.8. The van der Waals surface area contributed by atoms with Crippen LogP contribution in [-0.4, -0.2) is 16.0 Å². The third kappa shape index (κ3) is 4.67. The molecule has 0 spiro atoms. The van der Waals surface area contributed by atoms with E-state index in [0.717, 1.165) is 11.1 Å². The summed E-state index contributed by atoms with van der Waals surface area (Å²) in [7, 11) is 0. The van der Waals surface area contributed by atoms with Crippen molar-refractivity contribution in [3.8, 4) is 11.4 Å². The number of carbonyl (C=O) groups excluding carboxylic acids is 1. The van der Waals surface area contributed by atoms with Crippen LogP contribution in [0.3, 0.4) is 0 Å². The van der Waals surface area contributed by atoms with Crippen molar-refractivity contribution >= 4 is 17.5 Å². The molecule has 3 rings (SSSR count). The number of nitrogens with zero attached hydrogens (tertiary/aromatic N) is 2. The molecule has 1 atom stereocenters. The van der Waals surface area contributed by atoms with E-state index in [9.17, 15) is 9.18 Å². The monoisotopic (exact) mass is 373 g/mol. The SMILES string of the molecule is C[C@H](NC(=O)CCc1nc(-c2cccc(Cl)c2)no1)c1ccc(F)cc1. The predicted octanol–water partition coefficient (Wildman–Crippen LogP) is 4.34. The molecule has 26 heavy (non-hydrogen) atoms. The molecule has 0 saturated carbocycles. The fourth-order valence-electron chi connectivity index (χ4n) is 2.47. The summed E-state index contributed by atoms with van der Waals surface area (Å²) in [4.78, 5) is 16.4. The lowest BCUT2D eigenvalue weighted by Gasteiger charge is -2.13. The van der Waals surface area contributed by atoms with Crippen molar-refractivity contribution < 1.29 is 13.7 Å². The zero-order valence-electron chi connectivity index (χ0n) is 14.1. The van der Waals surface area contributed by atoms with Crippen LogP contribution < -0.4 is 5.32 Å². The highest BCUT2D eigenvalue weighted by Crippen LogP contribution is 2.20. The number of carbonyl (C=O) groups is 1. The van der Waals surface area contributed by atoms with Crippen LogP contribution in [0.2, 0.25) is 5.02 Å². The van der Waals surface area contributed by atoms with Crippen LogP contribution in [0.5, 0.6) is 0 Å². The first-order valence-corrected chi connectivity index (χ1v) is 8.52. The van der Waals surface area contributed by atoms with Crippen LogP contribution in [0.1, 0.15) is 30.8 Å². The second-order valence-electron chi connectivity index (χ2n) is 5.86. The van der Waals surface area contributed by atoms with E-state index in [1.54, 1.807) is 30.3 Å². The molecule has 0 unspecified atom stereocenters.